The summed E-state index contributed by atoms with van der Waals surface area (Å²) in [6.45, 7) is 0. The maximum Gasteiger partial charge on any atom is 0.174 e. The maximum absolute atomic E-state index is 5.34. The van der Waals surface area contributed by atoms with Gasteiger partial charge in [0.15, 0.2) is 5.76 Å². The number of rotatable bonds is 1. The lowest BCUT2D eigenvalue weighted by atomic mass is 10.1. The predicted molar refractivity (Wildman–Crippen MR) is 58.3 cm³/mol. The molecule has 1 aromatic heterocycles. The number of aromatic nitrogens is 1. The summed E-state index contributed by atoms with van der Waals surface area (Å²) >= 11 is 0. The number of fused-ring (bicyclic) bond motifs is 1. The Bertz CT molecular complexity index is 584. The number of hydrogen-bond donors (Lipinski definition) is 0. The van der Waals surface area contributed by atoms with Crippen molar-refractivity contribution in [1.29, 1.82) is 0 Å². The van der Waals surface area contributed by atoms with Crippen LogP contribution in [0.25, 0.3) is 22.2 Å². The van der Waals surface area contributed by atoms with Crippen molar-refractivity contribution >= 4 is 10.9 Å². The molecule has 1 radical (unpaired) electrons. The van der Waals surface area contributed by atoms with Crippen LogP contribution in [-0.4, -0.2) is 5.16 Å². The Balaban J connectivity index is 2.28. The molecular formula is C13H8NO. The Labute approximate surface area is 87.1 Å². The van der Waals surface area contributed by atoms with Crippen molar-refractivity contribution in [3.05, 3.63) is 54.6 Å². The van der Waals surface area contributed by atoms with Crippen LogP contribution >= 0.6 is 0 Å². The van der Waals surface area contributed by atoms with E-state index in [0.29, 0.717) is 0 Å². The van der Waals surface area contributed by atoms with Gasteiger partial charge in [0.05, 0.1) is 0 Å². The van der Waals surface area contributed by atoms with Gasteiger partial charge in [-0.3, -0.25) is 0 Å². The highest BCUT2D eigenvalue weighted by atomic mass is 16.5. The minimum absolute atomic E-state index is 0.819. The Morgan fingerprint density at radius 3 is 2.67 bits per heavy atom. The van der Waals surface area contributed by atoms with Crippen molar-refractivity contribution < 1.29 is 4.52 Å². The second kappa shape index (κ2) is 3.24. The molecule has 3 aromatic rings. The third-order valence-corrected chi connectivity index (χ3v) is 2.36. The van der Waals surface area contributed by atoms with Crippen LogP contribution in [-0.2, 0) is 0 Å². The Kier molecular flexibility index (Phi) is 1.78. The minimum Gasteiger partial charge on any atom is -0.355 e. The minimum atomic E-state index is 0.819. The van der Waals surface area contributed by atoms with Crippen LogP contribution < -0.4 is 0 Å². The van der Waals surface area contributed by atoms with Crippen molar-refractivity contribution in [2.24, 2.45) is 0 Å². The van der Waals surface area contributed by atoms with Crippen LogP contribution in [0.4, 0.5) is 0 Å². The topological polar surface area (TPSA) is 26.0 Å². The van der Waals surface area contributed by atoms with Gasteiger partial charge in [-0.25, -0.2) is 0 Å². The molecular weight excluding hydrogens is 186 g/mol. The van der Waals surface area contributed by atoms with Crippen LogP contribution in [0.15, 0.2) is 53.1 Å². The lowest BCUT2D eigenvalue weighted by Gasteiger charge is -1.94. The van der Waals surface area contributed by atoms with E-state index in [1.165, 1.54) is 0 Å². The molecule has 0 amide bonds. The summed E-state index contributed by atoms with van der Waals surface area (Å²) in [4.78, 5) is 0. The molecule has 3 rings (SSSR count). The molecule has 0 aliphatic carbocycles. The largest absolute Gasteiger partial charge is 0.355 e. The first kappa shape index (κ1) is 8.24. The normalized spacial score (nSPS) is 10.7. The first-order chi connectivity index (χ1) is 7.45. The monoisotopic (exact) mass is 194 g/mol. The van der Waals surface area contributed by atoms with Gasteiger partial charge in [0, 0.05) is 10.9 Å². The SMILES string of the molecule is [c]1ccc(-c2onc3ccccc23)cc1. The molecule has 0 saturated heterocycles. The van der Waals surface area contributed by atoms with E-state index in [4.69, 9.17) is 4.52 Å². The molecule has 2 aromatic carbocycles. The van der Waals surface area contributed by atoms with E-state index in [1.54, 1.807) is 0 Å². The molecule has 0 saturated carbocycles. The zero-order valence-electron chi connectivity index (χ0n) is 7.97. The molecule has 0 aliphatic rings. The van der Waals surface area contributed by atoms with Crippen LogP contribution in [0.3, 0.4) is 0 Å². The molecule has 0 bridgehead atoms. The van der Waals surface area contributed by atoms with Gasteiger partial charge >= 0.3 is 0 Å². The van der Waals surface area contributed by atoms with E-state index >= 15 is 0 Å². The van der Waals surface area contributed by atoms with Gasteiger partial charge in [-0.1, -0.05) is 41.6 Å². The van der Waals surface area contributed by atoms with Crippen LogP contribution in [0.5, 0.6) is 0 Å². The van der Waals surface area contributed by atoms with Crippen molar-refractivity contribution in [3.8, 4) is 11.3 Å². The van der Waals surface area contributed by atoms with Crippen LogP contribution in [0.1, 0.15) is 0 Å². The zero-order valence-corrected chi connectivity index (χ0v) is 7.97. The highest BCUT2D eigenvalue weighted by Gasteiger charge is 2.08. The summed E-state index contributed by atoms with van der Waals surface area (Å²) in [5.41, 5.74) is 1.92. The molecule has 0 N–H and O–H groups in total. The number of nitrogens with zero attached hydrogens (tertiary/aromatic N) is 1. The molecule has 0 spiro atoms. The van der Waals surface area contributed by atoms with Gasteiger partial charge in [0.2, 0.25) is 0 Å². The van der Waals surface area contributed by atoms with E-state index in [2.05, 4.69) is 11.2 Å². The summed E-state index contributed by atoms with van der Waals surface area (Å²) in [7, 11) is 0. The Morgan fingerprint density at radius 2 is 1.80 bits per heavy atom. The van der Waals surface area contributed by atoms with E-state index in [0.717, 1.165) is 22.2 Å². The van der Waals surface area contributed by atoms with E-state index in [9.17, 15) is 0 Å². The van der Waals surface area contributed by atoms with Crippen molar-refractivity contribution in [2.75, 3.05) is 0 Å². The Hall–Kier alpha value is -2.09. The summed E-state index contributed by atoms with van der Waals surface area (Å²) < 4.78 is 5.34. The van der Waals surface area contributed by atoms with Crippen molar-refractivity contribution in [2.45, 2.75) is 0 Å². The molecule has 0 aliphatic heterocycles. The lowest BCUT2D eigenvalue weighted by molar-refractivity contribution is 0.441. The number of benzene rings is 2. The van der Waals surface area contributed by atoms with E-state index < -0.39 is 0 Å². The molecule has 1 heterocycles. The molecule has 2 nitrogen and oxygen atoms in total. The highest BCUT2D eigenvalue weighted by molar-refractivity contribution is 5.91. The van der Waals surface area contributed by atoms with Crippen molar-refractivity contribution in [3.63, 3.8) is 0 Å². The fraction of sp³-hybridized carbons (Fsp3) is 0. The standard InChI is InChI=1S/C13H8NO/c1-2-6-10(7-3-1)13-11-8-4-5-9-12(11)14-15-13/h2-9H. The second-order valence-corrected chi connectivity index (χ2v) is 3.32. The number of hydrogen-bond acceptors (Lipinski definition) is 2. The first-order valence-electron chi connectivity index (χ1n) is 4.76. The van der Waals surface area contributed by atoms with Crippen molar-refractivity contribution in [1.82, 2.24) is 5.16 Å². The Morgan fingerprint density at radius 1 is 1.00 bits per heavy atom. The van der Waals surface area contributed by atoms with Crippen LogP contribution in [0, 0.1) is 6.07 Å². The van der Waals surface area contributed by atoms with Gasteiger partial charge in [-0.05, 0) is 18.2 Å². The van der Waals surface area contributed by atoms with Crippen LogP contribution in [0.2, 0.25) is 0 Å². The van der Waals surface area contributed by atoms with E-state index in [1.807, 2.05) is 48.5 Å². The predicted octanol–water partition coefficient (Wildman–Crippen LogP) is 3.29. The van der Waals surface area contributed by atoms with E-state index in [-0.39, 0.29) is 0 Å². The molecule has 15 heavy (non-hydrogen) atoms. The van der Waals surface area contributed by atoms with Gasteiger partial charge in [0.25, 0.3) is 0 Å². The molecule has 71 valence electrons. The summed E-state index contributed by atoms with van der Waals surface area (Å²) in [6, 6.07) is 18.5. The lowest BCUT2D eigenvalue weighted by Crippen LogP contribution is -1.73. The molecule has 0 atom stereocenters. The summed E-state index contributed by atoms with van der Waals surface area (Å²) in [5.74, 6) is 0.819. The fourth-order valence-corrected chi connectivity index (χ4v) is 1.64. The van der Waals surface area contributed by atoms with Gasteiger partial charge < -0.3 is 4.52 Å². The summed E-state index contributed by atoms with van der Waals surface area (Å²) in [5, 5.41) is 5.05. The molecule has 0 unspecified atom stereocenters. The third-order valence-electron chi connectivity index (χ3n) is 2.36. The summed E-state index contributed by atoms with van der Waals surface area (Å²) in [6.07, 6.45) is 0. The van der Waals surface area contributed by atoms with Gasteiger partial charge in [-0.2, -0.15) is 0 Å². The molecule has 0 fully saturated rings. The van der Waals surface area contributed by atoms with Gasteiger partial charge in [0.1, 0.15) is 5.52 Å². The quantitative estimate of drug-likeness (QED) is 0.594. The maximum atomic E-state index is 5.34. The van der Waals surface area contributed by atoms with Gasteiger partial charge in [-0.15, -0.1) is 0 Å². The fourth-order valence-electron chi connectivity index (χ4n) is 1.64. The average molecular weight is 194 g/mol. The average Bonchev–Trinajstić information content (AvgIpc) is 2.74. The zero-order chi connectivity index (χ0) is 10.1. The molecule has 2 heteroatoms. The first-order valence-corrected chi connectivity index (χ1v) is 4.76. The smallest absolute Gasteiger partial charge is 0.174 e. The third kappa shape index (κ3) is 1.31. The highest BCUT2D eigenvalue weighted by Crippen LogP contribution is 2.27. The second-order valence-electron chi connectivity index (χ2n) is 3.32.